The molecular weight excluding hydrogens is 508 g/mol. The number of benzene rings is 2. The minimum Gasteiger partial charge on any atom is -0.496 e. The first-order valence-corrected chi connectivity index (χ1v) is 11.0. The number of ether oxygens (including phenoxy) is 2. The molecule has 1 aliphatic heterocycles. The lowest BCUT2D eigenvalue weighted by Crippen LogP contribution is -2.37. The molecule has 2 heterocycles. The van der Waals surface area contributed by atoms with Crippen LogP contribution in [-0.4, -0.2) is 59.5 Å². The number of nitro benzene ring substituents is 1. The Morgan fingerprint density at radius 1 is 1.18 bits per heavy atom. The number of halogens is 1. The average Bonchev–Trinajstić information content (AvgIpc) is 2.84. The monoisotopic (exact) mass is 528 g/mol. The second-order valence-electron chi connectivity index (χ2n) is 7.07. The highest BCUT2D eigenvalue weighted by molar-refractivity contribution is 9.10. The van der Waals surface area contributed by atoms with Crippen LogP contribution in [0.25, 0.3) is 0 Å². The predicted octanol–water partition coefficient (Wildman–Crippen LogP) is 3.58. The molecular formula is C21H21BrN8O4. The molecule has 3 aromatic rings. The summed E-state index contributed by atoms with van der Waals surface area (Å²) in [5.74, 6) is 1.45. The number of anilines is 4. The van der Waals surface area contributed by atoms with Crippen molar-refractivity contribution in [2.45, 2.75) is 0 Å². The normalized spacial score (nSPS) is 13.6. The maximum absolute atomic E-state index is 11.1. The van der Waals surface area contributed by atoms with Crippen molar-refractivity contribution >= 4 is 51.4 Å². The first kappa shape index (κ1) is 23.3. The van der Waals surface area contributed by atoms with Crippen LogP contribution in [-0.2, 0) is 4.74 Å². The van der Waals surface area contributed by atoms with Crippen molar-refractivity contribution < 1.29 is 14.4 Å². The first-order valence-electron chi connectivity index (χ1n) is 10.2. The number of aromatic nitrogens is 3. The number of hydrogen-bond acceptors (Lipinski definition) is 11. The van der Waals surface area contributed by atoms with Crippen molar-refractivity contribution in [2.24, 2.45) is 5.10 Å². The Kier molecular flexibility index (Phi) is 7.44. The Hall–Kier alpha value is -3.84. The van der Waals surface area contributed by atoms with E-state index in [1.165, 1.54) is 31.5 Å². The molecule has 0 bridgehead atoms. The van der Waals surface area contributed by atoms with Crippen LogP contribution in [0.5, 0.6) is 5.75 Å². The predicted molar refractivity (Wildman–Crippen MR) is 131 cm³/mol. The number of rotatable bonds is 8. The molecule has 176 valence electrons. The quantitative estimate of drug-likeness (QED) is 0.253. The Morgan fingerprint density at radius 2 is 1.97 bits per heavy atom. The maximum atomic E-state index is 11.1. The standard InChI is InChI=1S/C21H21BrN8O4/c1-33-18-6-5-17(30(31)32)11-14(18)13-23-28-20-25-19(24-16-4-2-3-15(22)12-16)26-21(27-20)29-7-9-34-10-8-29/h2-6,11-13H,7-10H2,1H3,(H2,24,25,26,27,28)/b23-13-. The van der Waals surface area contributed by atoms with E-state index in [0.29, 0.717) is 49.5 Å². The summed E-state index contributed by atoms with van der Waals surface area (Å²) in [5.41, 5.74) is 3.94. The van der Waals surface area contributed by atoms with Crippen LogP contribution in [0.3, 0.4) is 0 Å². The second-order valence-corrected chi connectivity index (χ2v) is 7.99. The van der Waals surface area contributed by atoms with Crippen LogP contribution < -0.4 is 20.4 Å². The molecule has 13 heteroatoms. The summed E-state index contributed by atoms with van der Waals surface area (Å²) in [6, 6.07) is 11.9. The number of nitrogens with zero attached hydrogens (tertiary/aromatic N) is 6. The van der Waals surface area contributed by atoms with E-state index in [0.717, 1.165) is 10.2 Å². The van der Waals surface area contributed by atoms with Crippen LogP contribution >= 0.6 is 15.9 Å². The molecule has 12 nitrogen and oxygen atoms in total. The van der Waals surface area contributed by atoms with Crippen molar-refractivity contribution in [3.05, 3.63) is 62.6 Å². The van der Waals surface area contributed by atoms with Crippen LogP contribution in [0.4, 0.5) is 29.2 Å². The molecule has 1 saturated heterocycles. The van der Waals surface area contributed by atoms with Gasteiger partial charge in [-0.1, -0.05) is 22.0 Å². The molecule has 0 amide bonds. The van der Waals surface area contributed by atoms with E-state index in [2.05, 4.69) is 46.7 Å². The maximum Gasteiger partial charge on any atom is 0.270 e. The molecule has 0 saturated carbocycles. The van der Waals surface area contributed by atoms with E-state index in [4.69, 9.17) is 9.47 Å². The van der Waals surface area contributed by atoms with Gasteiger partial charge < -0.3 is 19.7 Å². The smallest absolute Gasteiger partial charge is 0.270 e. The van der Waals surface area contributed by atoms with Gasteiger partial charge in [0.25, 0.3) is 5.69 Å². The summed E-state index contributed by atoms with van der Waals surface area (Å²) in [4.78, 5) is 26.0. The lowest BCUT2D eigenvalue weighted by molar-refractivity contribution is -0.384. The number of hydrogen-bond donors (Lipinski definition) is 2. The van der Waals surface area contributed by atoms with Gasteiger partial charge >= 0.3 is 0 Å². The van der Waals surface area contributed by atoms with E-state index in [9.17, 15) is 10.1 Å². The van der Waals surface area contributed by atoms with Gasteiger partial charge in [-0.2, -0.15) is 20.1 Å². The molecule has 1 aliphatic rings. The fraction of sp³-hybridized carbons (Fsp3) is 0.238. The molecule has 2 aromatic carbocycles. The van der Waals surface area contributed by atoms with Crippen LogP contribution in [0.1, 0.15) is 5.56 Å². The Labute approximate surface area is 203 Å². The zero-order valence-electron chi connectivity index (χ0n) is 18.1. The second kappa shape index (κ2) is 10.9. The molecule has 0 unspecified atom stereocenters. The van der Waals surface area contributed by atoms with Crippen molar-refractivity contribution in [3.8, 4) is 5.75 Å². The van der Waals surface area contributed by atoms with Gasteiger partial charge in [-0.25, -0.2) is 5.43 Å². The molecule has 4 rings (SSSR count). The van der Waals surface area contributed by atoms with Crippen molar-refractivity contribution in [1.29, 1.82) is 0 Å². The number of hydrazone groups is 1. The van der Waals surface area contributed by atoms with Gasteiger partial charge in [-0.05, 0) is 24.3 Å². The van der Waals surface area contributed by atoms with E-state index >= 15 is 0 Å². The third kappa shape index (κ3) is 5.94. The molecule has 1 aromatic heterocycles. The topological polar surface area (TPSA) is 140 Å². The Balaban J connectivity index is 1.60. The van der Waals surface area contributed by atoms with E-state index < -0.39 is 4.92 Å². The lowest BCUT2D eigenvalue weighted by Gasteiger charge is -2.27. The van der Waals surface area contributed by atoms with Gasteiger partial charge in [0.2, 0.25) is 17.8 Å². The van der Waals surface area contributed by atoms with E-state index in [-0.39, 0.29) is 11.6 Å². The Bertz CT molecular complexity index is 1200. The lowest BCUT2D eigenvalue weighted by atomic mass is 10.2. The molecule has 0 radical (unpaired) electrons. The fourth-order valence-electron chi connectivity index (χ4n) is 3.17. The zero-order chi connectivity index (χ0) is 23.9. The van der Waals surface area contributed by atoms with Gasteiger partial charge in [-0.15, -0.1) is 0 Å². The first-order chi connectivity index (χ1) is 16.5. The SMILES string of the molecule is COc1ccc([N+](=O)[O-])cc1/C=N\Nc1nc(Nc2cccc(Br)c2)nc(N2CCOCC2)n1. The third-order valence-corrected chi connectivity index (χ3v) is 5.28. The number of methoxy groups -OCH3 is 1. The van der Waals surface area contributed by atoms with Gasteiger partial charge in [0, 0.05) is 40.9 Å². The molecule has 2 N–H and O–H groups in total. The molecule has 1 fully saturated rings. The number of morpholine rings is 1. The zero-order valence-corrected chi connectivity index (χ0v) is 19.7. The Morgan fingerprint density at radius 3 is 2.71 bits per heavy atom. The molecule has 34 heavy (non-hydrogen) atoms. The highest BCUT2D eigenvalue weighted by Gasteiger charge is 2.17. The van der Waals surface area contributed by atoms with Gasteiger partial charge in [0.05, 0.1) is 31.5 Å². The largest absolute Gasteiger partial charge is 0.496 e. The van der Waals surface area contributed by atoms with Gasteiger partial charge in [0.15, 0.2) is 0 Å². The summed E-state index contributed by atoms with van der Waals surface area (Å²) >= 11 is 3.45. The van der Waals surface area contributed by atoms with Crippen LogP contribution in [0, 0.1) is 10.1 Å². The fourth-order valence-corrected chi connectivity index (χ4v) is 3.57. The number of nitro groups is 1. The van der Waals surface area contributed by atoms with Crippen molar-refractivity contribution in [1.82, 2.24) is 15.0 Å². The average molecular weight is 529 g/mol. The molecule has 0 atom stereocenters. The number of nitrogens with one attached hydrogen (secondary N) is 2. The summed E-state index contributed by atoms with van der Waals surface area (Å²) in [5, 5.41) is 18.4. The summed E-state index contributed by atoms with van der Waals surface area (Å²) in [7, 11) is 1.48. The summed E-state index contributed by atoms with van der Waals surface area (Å²) < 4.78 is 11.6. The van der Waals surface area contributed by atoms with Crippen LogP contribution in [0.15, 0.2) is 52.0 Å². The molecule has 0 spiro atoms. The summed E-state index contributed by atoms with van der Waals surface area (Å²) in [6.45, 7) is 2.45. The highest BCUT2D eigenvalue weighted by atomic mass is 79.9. The number of non-ortho nitro benzene ring substituents is 1. The third-order valence-electron chi connectivity index (χ3n) is 4.79. The minimum atomic E-state index is -0.481. The summed E-state index contributed by atoms with van der Waals surface area (Å²) in [6.07, 6.45) is 1.41. The van der Waals surface area contributed by atoms with E-state index in [1.807, 2.05) is 29.2 Å². The van der Waals surface area contributed by atoms with Gasteiger partial charge in [-0.3, -0.25) is 10.1 Å². The van der Waals surface area contributed by atoms with E-state index in [1.54, 1.807) is 0 Å². The highest BCUT2D eigenvalue weighted by Crippen LogP contribution is 2.23. The van der Waals surface area contributed by atoms with Crippen molar-refractivity contribution in [2.75, 3.05) is 49.1 Å². The van der Waals surface area contributed by atoms with Crippen LogP contribution in [0.2, 0.25) is 0 Å². The minimum absolute atomic E-state index is 0.0717. The molecule has 0 aliphatic carbocycles. The van der Waals surface area contributed by atoms with Crippen molar-refractivity contribution in [3.63, 3.8) is 0 Å². The van der Waals surface area contributed by atoms with Gasteiger partial charge in [0.1, 0.15) is 5.75 Å².